The Labute approximate surface area is 169 Å². The van der Waals surface area contributed by atoms with Crippen molar-refractivity contribution < 1.29 is 13.9 Å². The van der Waals surface area contributed by atoms with Crippen LogP contribution in [-0.4, -0.2) is 34.0 Å². The van der Waals surface area contributed by atoms with Gasteiger partial charge in [-0.25, -0.2) is 0 Å². The van der Waals surface area contributed by atoms with E-state index in [0.717, 1.165) is 28.2 Å². The summed E-state index contributed by atoms with van der Waals surface area (Å²) in [7, 11) is 1.53. The van der Waals surface area contributed by atoms with Gasteiger partial charge in [0.25, 0.3) is 11.1 Å². The summed E-state index contributed by atoms with van der Waals surface area (Å²) in [6.07, 6.45) is 1.83. The number of thioether (sulfide) groups is 1. The highest BCUT2D eigenvalue weighted by Crippen LogP contribution is 2.30. The van der Waals surface area contributed by atoms with Gasteiger partial charge in [-0.2, -0.15) is 0 Å². The molecule has 0 atom stereocenters. The normalized spacial score (nSPS) is 10.9. The van der Waals surface area contributed by atoms with Gasteiger partial charge in [-0.1, -0.05) is 41.6 Å². The SMILES string of the molecule is COc1ccc(NC(=O)CSc2nnc(-c3c[nH]c4ccccc34)o2)cc1Cl. The number of ether oxygens (including phenoxy) is 1. The summed E-state index contributed by atoms with van der Waals surface area (Å²) in [6, 6.07) is 12.9. The van der Waals surface area contributed by atoms with Crippen LogP contribution in [0.4, 0.5) is 5.69 Å². The van der Waals surface area contributed by atoms with Crippen molar-refractivity contribution in [3.05, 3.63) is 53.7 Å². The maximum Gasteiger partial charge on any atom is 0.277 e. The first kappa shape index (κ1) is 18.4. The van der Waals surface area contributed by atoms with E-state index in [0.29, 0.717) is 27.6 Å². The van der Waals surface area contributed by atoms with Gasteiger partial charge in [-0.15, -0.1) is 10.2 Å². The van der Waals surface area contributed by atoms with Gasteiger partial charge < -0.3 is 19.5 Å². The molecule has 0 unspecified atom stereocenters. The predicted molar refractivity (Wildman–Crippen MR) is 109 cm³/mol. The summed E-state index contributed by atoms with van der Waals surface area (Å²) in [5, 5.41) is 12.6. The maximum absolute atomic E-state index is 12.2. The minimum atomic E-state index is -0.210. The zero-order chi connectivity index (χ0) is 19.5. The number of aromatic amines is 1. The molecule has 142 valence electrons. The number of hydrogen-bond donors (Lipinski definition) is 2. The Bertz CT molecular complexity index is 1140. The number of carbonyl (C=O) groups is 1. The van der Waals surface area contributed by atoms with E-state index in [4.69, 9.17) is 20.8 Å². The molecule has 9 heteroatoms. The van der Waals surface area contributed by atoms with Crippen LogP contribution in [0.15, 0.2) is 58.3 Å². The molecule has 2 aromatic carbocycles. The van der Waals surface area contributed by atoms with Crippen molar-refractivity contribution in [3.8, 4) is 17.2 Å². The average molecular weight is 415 g/mol. The van der Waals surface area contributed by atoms with Gasteiger partial charge in [0.2, 0.25) is 5.91 Å². The number of aromatic nitrogens is 3. The lowest BCUT2D eigenvalue weighted by Crippen LogP contribution is -2.14. The Morgan fingerprint density at radius 2 is 2.14 bits per heavy atom. The van der Waals surface area contributed by atoms with Gasteiger partial charge in [-0.05, 0) is 24.3 Å². The van der Waals surface area contributed by atoms with Gasteiger partial charge >= 0.3 is 0 Å². The van der Waals surface area contributed by atoms with Crippen LogP contribution in [0.5, 0.6) is 5.75 Å². The standard InChI is InChI=1S/C19H15ClN4O3S/c1-26-16-7-6-11(8-14(16)20)22-17(25)10-28-19-24-23-18(27-19)13-9-21-15-5-3-2-4-12(13)15/h2-9,21H,10H2,1H3,(H,22,25). The predicted octanol–water partition coefficient (Wildman–Crippen LogP) is 4.61. The molecule has 0 saturated carbocycles. The van der Waals surface area contributed by atoms with Crippen LogP contribution in [0.3, 0.4) is 0 Å². The van der Waals surface area contributed by atoms with Gasteiger partial charge in [0, 0.05) is 22.8 Å². The molecule has 0 bridgehead atoms. The summed E-state index contributed by atoms with van der Waals surface area (Å²) >= 11 is 7.22. The van der Waals surface area contributed by atoms with Crippen molar-refractivity contribution in [2.75, 3.05) is 18.2 Å². The topological polar surface area (TPSA) is 93.0 Å². The zero-order valence-electron chi connectivity index (χ0n) is 14.7. The van der Waals surface area contributed by atoms with E-state index < -0.39 is 0 Å². The fourth-order valence-corrected chi connectivity index (χ4v) is 3.51. The number of nitrogens with zero attached hydrogens (tertiary/aromatic N) is 2. The fraction of sp³-hybridized carbons (Fsp3) is 0.105. The molecule has 0 fully saturated rings. The Morgan fingerprint density at radius 3 is 2.96 bits per heavy atom. The monoisotopic (exact) mass is 414 g/mol. The van der Waals surface area contributed by atoms with Crippen LogP contribution in [-0.2, 0) is 4.79 Å². The molecule has 4 aromatic rings. The summed E-state index contributed by atoms with van der Waals surface area (Å²) in [5.41, 5.74) is 2.40. The second kappa shape index (κ2) is 7.95. The molecule has 2 aromatic heterocycles. The molecule has 7 nitrogen and oxygen atoms in total. The van der Waals surface area contributed by atoms with E-state index in [1.807, 2.05) is 30.5 Å². The lowest BCUT2D eigenvalue weighted by atomic mass is 10.2. The number of para-hydroxylation sites is 1. The third-order valence-corrected chi connectivity index (χ3v) is 5.10. The number of benzene rings is 2. The molecular formula is C19H15ClN4O3S. The number of anilines is 1. The minimum absolute atomic E-state index is 0.124. The first-order valence-electron chi connectivity index (χ1n) is 8.30. The number of amides is 1. The number of carbonyl (C=O) groups excluding carboxylic acids is 1. The summed E-state index contributed by atoms with van der Waals surface area (Å²) < 4.78 is 10.8. The summed E-state index contributed by atoms with van der Waals surface area (Å²) in [4.78, 5) is 15.3. The van der Waals surface area contributed by atoms with Crippen LogP contribution in [0, 0.1) is 0 Å². The third-order valence-electron chi connectivity index (χ3n) is 3.99. The molecule has 0 aliphatic rings. The second-order valence-electron chi connectivity index (χ2n) is 5.81. The summed E-state index contributed by atoms with van der Waals surface area (Å²) in [6.45, 7) is 0. The minimum Gasteiger partial charge on any atom is -0.495 e. The molecule has 1 amide bonds. The molecule has 28 heavy (non-hydrogen) atoms. The number of nitrogens with one attached hydrogen (secondary N) is 2. The third kappa shape index (κ3) is 3.83. The number of methoxy groups -OCH3 is 1. The zero-order valence-corrected chi connectivity index (χ0v) is 16.3. The number of fused-ring (bicyclic) bond motifs is 1. The van der Waals surface area contributed by atoms with Crippen LogP contribution >= 0.6 is 23.4 Å². The Morgan fingerprint density at radius 1 is 1.29 bits per heavy atom. The van der Waals surface area contributed by atoms with E-state index in [1.165, 1.54) is 7.11 Å². The number of hydrogen-bond acceptors (Lipinski definition) is 6. The highest BCUT2D eigenvalue weighted by Gasteiger charge is 2.14. The number of rotatable bonds is 6. The molecule has 0 radical (unpaired) electrons. The lowest BCUT2D eigenvalue weighted by Gasteiger charge is -2.07. The highest BCUT2D eigenvalue weighted by molar-refractivity contribution is 7.99. The maximum atomic E-state index is 12.2. The van der Waals surface area contributed by atoms with Crippen molar-refractivity contribution in [1.29, 1.82) is 0 Å². The van der Waals surface area contributed by atoms with Crippen molar-refractivity contribution in [2.45, 2.75) is 5.22 Å². The van der Waals surface area contributed by atoms with Crippen molar-refractivity contribution in [1.82, 2.24) is 15.2 Å². The number of halogens is 1. The van der Waals surface area contributed by atoms with E-state index in [2.05, 4.69) is 20.5 Å². The molecule has 2 heterocycles. The molecule has 0 saturated heterocycles. The molecule has 0 spiro atoms. The first-order valence-corrected chi connectivity index (χ1v) is 9.66. The van der Waals surface area contributed by atoms with Crippen LogP contribution < -0.4 is 10.1 Å². The largest absolute Gasteiger partial charge is 0.495 e. The van der Waals surface area contributed by atoms with Crippen LogP contribution in [0.25, 0.3) is 22.4 Å². The highest BCUT2D eigenvalue weighted by atomic mass is 35.5. The number of H-pyrrole nitrogens is 1. The van der Waals surface area contributed by atoms with Gasteiger partial charge in [0.05, 0.1) is 23.4 Å². The average Bonchev–Trinajstić information content (AvgIpc) is 3.33. The molecule has 2 N–H and O–H groups in total. The van der Waals surface area contributed by atoms with Crippen molar-refractivity contribution in [2.24, 2.45) is 0 Å². The molecule has 4 rings (SSSR count). The van der Waals surface area contributed by atoms with Gasteiger partial charge in [0.1, 0.15) is 5.75 Å². The quantitative estimate of drug-likeness (QED) is 0.447. The summed E-state index contributed by atoms with van der Waals surface area (Å²) in [5.74, 6) is 0.865. The van der Waals surface area contributed by atoms with Gasteiger partial charge in [-0.3, -0.25) is 4.79 Å². The van der Waals surface area contributed by atoms with Gasteiger partial charge in [0.15, 0.2) is 0 Å². The second-order valence-corrected chi connectivity index (χ2v) is 7.14. The molecule has 0 aliphatic heterocycles. The molecule has 0 aliphatic carbocycles. The van der Waals surface area contributed by atoms with Crippen molar-refractivity contribution in [3.63, 3.8) is 0 Å². The van der Waals surface area contributed by atoms with E-state index >= 15 is 0 Å². The van der Waals surface area contributed by atoms with E-state index in [9.17, 15) is 4.79 Å². The smallest absolute Gasteiger partial charge is 0.277 e. The Balaban J connectivity index is 1.39. The first-order chi connectivity index (χ1) is 13.6. The van der Waals surface area contributed by atoms with Crippen molar-refractivity contribution >= 4 is 45.9 Å². The Kier molecular flexibility index (Phi) is 5.23. The van der Waals surface area contributed by atoms with Crippen LogP contribution in [0.2, 0.25) is 5.02 Å². The Hall–Kier alpha value is -2.97. The lowest BCUT2D eigenvalue weighted by molar-refractivity contribution is -0.113. The van der Waals surface area contributed by atoms with E-state index in [-0.39, 0.29) is 11.7 Å². The fourth-order valence-electron chi connectivity index (χ4n) is 2.69. The van der Waals surface area contributed by atoms with E-state index in [1.54, 1.807) is 18.2 Å². The molecular weight excluding hydrogens is 400 g/mol. The van der Waals surface area contributed by atoms with Crippen LogP contribution in [0.1, 0.15) is 0 Å².